The zero-order valence-electron chi connectivity index (χ0n) is 11.5. The normalized spacial score (nSPS) is 11.9. The monoisotopic (exact) mass is 291 g/mol. The second kappa shape index (κ2) is 6.43. The first-order chi connectivity index (χ1) is 9.65. The molecule has 0 spiro atoms. The molecule has 0 radical (unpaired) electrons. The van der Waals surface area contributed by atoms with E-state index in [0.717, 1.165) is 5.56 Å². The number of hydrogen-bond donors (Lipinski definition) is 1. The molecule has 1 atom stereocenters. The first kappa shape index (κ1) is 14.4. The number of nitrogen functional groups attached to an aromatic ring is 1. The van der Waals surface area contributed by atoms with Crippen molar-refractivity contribution in [2.24, 2.45) is 0 Å². The van der Waals surface area contributed by atoms with Crippen LogP contribution in [0.15, 0.2) is 47.4 Å². The Balaban J connectivity index is 2.22. The number of nitrogens with two attached hydrogens (primary N) is 1. The van der Waals surface area contributed by atoms with E-state index >= 15 is 0 Å². The second-order valence-corrected chi connectivity index (χ2v) is 5.64. The number of ether oxygens (including phenoxy) is 2. The van der Waals surface area contributed by atoms with Crippen molar-refractivity contribution in [3.05, 3.63) is 48.0 Å². The van der Waals surface area contributed by atoms with E-state index in [1.807, 2.05) is 24.3 Å². The lowest BCUT2D eigenvalue weighted by atomic mass is 10.2. The molecule has 0 aliphatic heterocycles. The van der Waals surface area contributed by atoms with Crippen molar-refractivity contribution in [1.29, 1.82) is 0 Å². The van der Waals surface area contributed by atoms with Crippen molar-refractivity contribution in [2.45, 2.75) is 10.6 Å². The molecular formula is C15H17NO3S. The van der Waals surface area contributed by atoms with Gasteiger partial charge in [-0.15, -0.1) is 0 Å². The van der Waals surface area contributed by atoms with Crippen LogP contribution in [0.5, 0.6) is 11.5 Å². The van der Waals surface area contributed by atoms with E-state index in [-0.39, 0.29) is 0 Å². The van der Waals surface area contributed by atoms with Crippen molar-refractivity contribution in [1.82, 2.24) is 0 Å². The van der Waals surface area contributed by atoms with Crippen LogP contribution in [0.4, 0.5) is 5.69 Å². The van der Waals surface area contributed by atoms with Gasteiger partial charge in [-0.1, -0.05) is 18.2 Å². The fraction of sp³-hybridized carbons (Fsp3) is 0.200. The Bertz CT molecular complexity index is 628. The molecule has 0 amide bonds. The molecule has 0 heterocycles. The fourth-order valence-corrected chi connectivity index (χ4v) is 3.09. The van der Waals surface area contributed by atoms with Crippen molar-refractivity contribution >= 4 is 16.5 Å². The van der Waals surface area contributed by atoms with Gasteiger partial charge < -0.3 is 15.2 Å². The maximum absolute atomic E-state index is 12.3. The highest BCUT2D eigenvalue weighted by Gasteiger charge is 2.10. The molecular weight excluding hydrogens is 274 g/mol. The van der Waals surface area contributed by atoms with Crippen LogP contribution in [0.1, 0.15) is 5.56 Å². The summed E-state index contributed by atoms with van der Waals surface area (Å²) in [6, 6.07) is 12.7. The zero-order chi connectivity index (χ0) is 14.5. The molecule has 0 bridgehead atoms. The molecule has 0 saturated carbocycles. The lowest BCUT2D eigenvalue weighted by molar-refractivity contribution is 0.354. The number of methoxy groups -OCH3 is 2. The molecule has 2 N–H and O–H groups in total. The maximum atomic E-state index is 12.3. The summed E-state index contributed by atoms with van der Waals surface area (Å²) in [6.45, 7) is 0. The third-order valence-corrected chi connectivity index (χ3v) is 4.37. The Labute approximate surface area is 121 Å². The van der Waals surface area contributed by atoms with E-state index < -0.39 is 10.8 Å². The molecule has 0 saturated heterocycles. The summed E-state index contributed by atoms with van der Waals surface area (Å²) in [4.78, 5) is 0.655. The van der Waals surface area contributed by atoms with E-state index in [0.29, 0.717) is 27.8 Å². The Hall–Kier alpha value is -2.01. The zero-order valence-corrected chi connectivity index (χ0v) is 12.3. The molecule has 0 fully saturated rings. The Morgan fingerprint density at radius 1 is 1.05 bits per heavy atom. The summed E-state index contributed by atoms with van der Waals surface area (Å²) < 4.78 is 22.8. The highest BCUT2D eigenvalue weighted by atomic mass is 32.2. The van der Waals surface area contributed by atoms with Crippen LogP contribution in [0.25, 0.3) is 0 Å². The van der Waals surface area contributed by atoms with Gasteiger partial charge in [-0.05, 0) is 29.8 Å². The largest absolute Gasteiger partial charge is 0.493 e. The Morgan fingerprint density at radius 3 is 2.40 bits per heavy atom. The quantitative estimate of drug-likeness (QED) is 0.860. The SMILES string of the molecule is COc1ccc(CS(=O)c2ccccc2N)cc1OC. The van der Waals surface area contributed by atoms with Gasteiger partial charge in [0.15, 0.2) is 11.5 Å². The minimum Gasteiger partial charge on any atom is -0.493 e. The lowest BCUT2D eigenvalue weighted by Gasteiger charge is -2.10. The minimum atomic E-state index is -1.19. The molecule has 106 valence electrons. The van der Waals surface area contributed by atoms with E-state index in [1.54, 1.807) is 32.4 Å². The Kier molecular flexibility index (Phi) is 4.63. The Morgan fingerprint density at radius 2 is 1.75 bits per heavy atom. The first-order valence-corrected chi connectivity index (χ1v) is 7.41. The van der Waals surface area contributed by atoms with Crippen molar-refractivity contribution < 1.29 is 13.7 Å². The van der Waals surface area contributed by atoms with Crippen LogP contribution in [-0.4, -0.2) is 18.4 Å². The summed E-state index contributed by atoms with van der Waals surface area (Å²) in [6.07, 6.45) is 0. The number of para-hydroxylation sites is 1. The van der Waals surface area contributed by atoms with Crippen LogP contribution in [0.3, 0.4) is 0 Å². The van der Waals surface area contributed by atoms with Crippen LogP contribution in [-0.2, 0) is 16.6 Å². The van der Waals surface area contributed by atoms with Crippen molar-refractivity contribution in [3.8, 4) is 11.5 Å². The van der Waals surface area contributed by atoms with Gasteiger partial charge in [-0.25, -0.2) is 0 Å². The average molecular weight is 291 g/mol. The van der Waals surface area contributed by atoms with E-state index in [9.17, 15) is 4.21 Å². The first-order valence-electron chi connectivity index (χ1n) is 6.09. The van der Waals surface area contributed by atoms with E-state index in [2.05, 4.69) is 0 Å². The predicted octanol–water partition coefficient (Wildman–Crippen LogP) is 2.59. The third-order valence-electron chi connectivity index (χ3n) is 2.91. The molecule has 2 aromatic rings. The summed E-state index contributed by atoms with van der Waals surface area (Å²) in [5.41, 5.74) is 7.29. The molecule has 0 aliphatic rings. The van der Waals surface area contributed by atoms with E-state index in [4.69, 9.17) is 15.2 Å². The maximum Gasteiger partial charge on any atom is 0.161 e. The number of anilines is 1. The predicted molar refractivity (Wildman–Crippen MR) is 80.5 cm³/mol. The van der Waals surface area contributed by atoms with Gasteiger partial charge in [0.2, 0.25) is 0 Å². The average Bonchev–Trinajstić information content (AvgIpc) is 2.47. The van der Waals surface area contributed by atoms with Gasteiger partial charge in [-0.2, -0.15) is 0 Å². The topological polar surface area (TPSA) is 61.5 Å². The van der Waals surface area contributed by atoms with Crippen molar-refractivity contribution in [2.75, 3.05) is 20.0 Å². The number of rotatable bonds is 5. The molecule has 1 unspecified atom stereocenters. The summed E-state index contributed by atoms with van der Waals surface area (Å²) in [5.74, 6) is 1.67. The van der Waals surface area contributed by atoms with Gasteiger partial charge in [0, 0.05) is 5.69 Å². The minimum absolute atomic E-state index is 0.383. The lowest BCUT2D eigenvalue weighted by Crippen LogP contribution is -2.01. The van der Waals surface area contributed by atoms with Gasteiger partial charge in [0.25, 0.3) is 0 Å². The number of benzene rings is 2. The highest BCUT2D eigenvalue weighted by molar-refractivity contribution is 7.84. The van der Waals surface area contributed by atoms with Gasteiger partial charge in [0.05, 0.1) is 35.7 Å². The summed E-state index contributed by atoms with van der Waals surface area (Å²) >= 11 is 0. The molecule has 20 heavy (non-hydrogen) atoms. The molecule has 5 heteroatoms. The smallest absolute Gasteiger partial charge is 0.161 e. The van der Waals surface area contributed by atoms with Crippen molar-refractivity contribution in [3.63, 3.8) is 0 Å². The fourth-order valence-electron chi connectivity index (χ4n) is 1.89. The van der Waals surface area contributed by atoms with Crippen LogP contribution in [0, 0.1) is 0 Å². The molecule has 0 aromatic heterocycles. The second-order valence-electron chi connectivity index (χ2n) is 4.22. The van der Waals surface area contributed by atoms with Gasteiger partial charge in [-0.3, -0.25) is 4.21 Å². The molecule has 4 nitrogen and oxygen atoms in total. The molecule has 2 aromatic carbocycles. The number of hydrogen-bond acceptors (Lipinski definition) is 4. The van der Waals surface area contributed by atoms with Gasteiger partial charge >= 0.3 is 0 Å². The van der Waals surface area contributed by atoms with Gasteiger partial charge in [0.1, 0.15) is 0 Å². The van der Waals surface area contributed by atoms with Crippen LogP contribution in [0.2, 0.25) is 0 Å². The van der Waals surface area contributed by atoms with E-state index in [1.165, 1.54) is 0 Å². The highest BCUT2D eigenvalue weighted by Crippen LogP contribution is 2.29. The summed E-state index contributed by atoms with van der Waals surface area (Å²) in [5, 5.41) is 0. The standard InChI is InChI=1S/C15H17NO3S/c1-18-13-8-7-11(9-14(13)19-2)10-20(17)15-6-4-3-5-12(15)16/h3-9H,10,16H2,1-2H3. The summed E-state index contributed by atoms with van der Waals surface area (Å²) in [7, 11) is 1.97. The molecule has 0 aliphatic carbocycles. The van der Waals surface area contributed by atoms with Crippen LogP contribution < -0.4 is 15.2 Å². The molecule has 2 rings (SSSR count). The third kappa shape index (κ3) is 3.11. The van der Waals surface area contributed by atoms with Crippen LogP contribution >= 0.6 is 0 Å².